The van der Waals surface area contributed by atoms with E-state index in [1.807, 2.05) is 0 Å². The molecule has 1 fully saturated rings. The number of halogens is 2. The van der Waals surface area contributed by atoms with Crippen molar-refractivity contribution in [2.24, 2.45) is 0 Å². The molecule has 0 spiro atoms. The number of nitrogens with one attached hydrogen (secondary N) is 1. The number of benzene rings is 1. The second-order valence-electron chi connectivity index (χ2n) is 4.22. The molecular formula is C11H14ClFN2O2S. The van der Waals surface area contributed by atoms with Gasteiger partial charge in [-0.25, -0.2) is 12.8 Å². The first-order chi connectivity index (χ1) is 8.44. The minimum absolute atomic E-state index is 0.182. The Morgan fingerprint density at radius 3 is 2.89 bits per heavy atom. The maximum absolute atomic E-state index is 13.8. The van der Waals surface area contributed by atoms with Gasteiger partial charge in [-0.2, -0.15) is 4.31 Å². The monoisotopic (exact) mass is 292 g/mol. The first-order valence-corrected chi connectivity index (χ1v) is 7.43. The normalized spacial score (nSPS) is 22.1. The SMILES string of the molecule is CC1CNCCN1S(=O)(=O)c1cccc(Cl)c1F. The van der Waals surface area contributed by atoms with Crippen molar-refractivity contribution in [3.63, 3.8) is 0 Å². The summed E-state index contributed by atoms with van der Waals surface area (Å²) in [5.41, 5.74) is 0. The molecular weight excluding hydrogens is 279 g/mol. The predicted octanol–water partition coefficient (Wildman–Crippen LogP) is 1.46. The molecule has 1 N–H and O–H groups in total. The molecule has 1 aliphatic rings. The van der Waals surface area contributed by atoms with E-state index in [1.165, 1.54) is 22.5 Å². The van der Waals surface area contributed by atoms with Crippen LogP contribution in [0.3, 0.4) is 0 Å². The van der Waals surface area contributed by atoms with E-state index in [9.17, 15) is 12.8 Å². The molecule has 7 heteroatoms. The average Bonchev–Trinajstić information content (AvgIpc) is 2.32. The van der Waals surface area contributed by atoms with Crippen LogP contribution in [0.4, 0.5) is 4.39 Å². The van der Waals surface area contributed by atoms with Crippen molar-refractivity contribution >= 4 is 21.6 Å². The van der Waals surface area contributed by atoms with Crippen molar-refractivity contribution < 1.29 is 12.8 Å². The van der Waals surface area contributed by atoms with Crippen molar-refractivity contribution in [2.45, 2.75) is 17.9 Å². The topological polar surface area (TPSA) is 49.4 Å². The third-order valence-corrected chi connectivity index (χ3v) is 5.27. The van der Waals surface area contributed by atoms with Crippen LogP contribution in [0.2, 0.25) is 5.02 Å². The van der Waals surface area contributed by atoms with Crippen molar-refractivity contribution in [3.05, 3.63) is 29.0 Å². The Kier molecular flexibility index (Phi) is 3.91. The van der Waals surface area contributed by atoms with Crippen LogP contribution in [0.5, 0.6) is 0 Å². The van der Waals surface area contributed by atoms with Gasteiger partial charge in [0, 0.05) is 25.7 Å². The Bertz CT molecular complexity index is 550. The van der Waals surface area contributed by atoms with Crippen molar-refractivity contribution in [2.75, 3.05) is 19.6 Å². The third kappa shape index (κ3) is 2.38. The summed E-state index contributed by atoms with van der Waals surface area (Å²) in [7, 11) is -3.83. The number of nitrogens with zero attached hydrogens (tertiary/aromatic N) is 1. The predicted molar refractivity (Wildman–Crippen MR) is 67.6 cm³/mol. The summed E-state index contributed by atoms with van der Waals surface area (Å²) in [6, 6.07) is 3.80. The third-order valence-electron chi connectivity index (χ3n) is 2.94. The Labute approximate surface area is 111 Å². The maximum Gasteiger partial charge on any atom is 0.246 e. The molecule has 1 atom stereocenters. The highest BCUT2D eigenvalue weighted by Crippen LogP contribution is 2.26. The van der Waals surface area contributed by atoms with Crippen LogP contribution in [0, 0.1) is 5.82 Å². The van der Waals surface area contributed by atoms with Crippen LogP contribution in [0.1, 0.15) is 6.92 Å². The fraction of sp³-hybridized carbons (Fsp3) is 0.455. The van der Waals surface area contributed by atoms with E-state index in [-0.39, 0.29) is 16.0 Å². The van der Waals surface area contributed by atoms with E-state index < -0.39 is 15.8 Å². The van der Waals surface area contributed by atoms with E-state index in [0.717, 1.165) is 0 Å². The van der Waals surface area contributed by atoms with Crippen LogP contribution >= 0.6 is 11.6 Å². The lowest BCUT2D eigenvalue weighted by Crippen LogP contribution is -2.52. The lowest BCUT2D eigenvalue weighted by molar-refractivity contribution is 0.283. The second kappa shape index (κ2) is 5.13. The molecule has 100 valence electrons. The molecule has 0 bridgehead atoms. The van der Waals surface area contributed by atoms with E-state index in [4.69, 9.17) is 11.6 Å². The maximum atomic E-state index is 13.8. The Morgan fingerprint density at radius 1 is 1.50 bits per heavy atom. The lowest BCUT2D eigenvalue weighted by Gasteiger charge is -2.32. The van der Waals surface area contributed by atoms with E-state index in [2.05, 4.69) is 5.32 Å². The molecule has 0 aliphatic carbocycles. The number of piperazine rings is 1. The van der Waals surface area contributed by atoms with Crippen LogP contribution in [-0.2, 0) is 10.0 Å². The van der Waals surface area contributed by atoms with Gasteiger partial charge in [0.15, 0.2) is 5.82 Å². The van der Waals surface area contributed by atoms with Gasteiger partial charge in [-0.3, -0.25) is 0 Å². The summed E-state index contributed by atoms with van der Waals surface area (Å²) in [4.78, 5) is -0.358. The minimum atomic E-state index is -3.83. The molecule has 4 nitrogen and oxygen atoms in total. The smallest absolute Gasteiger partial charge is 0.246 e. The van der Waals surface area contributed by atoms with Crippen LogP contribution in [-0.4, -0.2) is 38.4 Å². The lowest BCUT2D eigenvalue weighted by atomic mass is 10.3. The minimum Gasteiger partial charge on any atom is -0.314 e. The van der Waals surface area contributed by atoms with E-state index >= 15 is 0 Å². The van der Waals surface area contributed by atoms with Gasteiger partial charge in [0.25, 0.3) is 0 Å². The van der Waals surface area contributed by atoms with Gasteiger partial charge < -0.3 is 5.32 Å². The summed E-state index contributed by atoms with van der Waals surface area (Å²) in [6.07, 6.45) is 0. The summed E-state index contributed by atoms with van der Waals surface area (Å²) >= 11 is 5.62. The van der Waals surface area contributed by atoms with Gasteiger partial charge in [0.2, 0.25) is 10.0 Å². The highest BCUT2D eigenvalue weighted by atomic mass is 35.5. The van der Waals surface area contributed by atoms with Gasteiger partial charge in [-0.05, 0) is 19.1 Å². The van der Waals surface area contributed by atoms with Crippen molar-refractivity contribution in [1.29, 1.82) is 0 Å². The summed E-state index contributed by atoms with van der Waals surface area (Å²) < 4.78 is 39.9. The van der Waals surface area contributed by atoms with E-state index in [1.54, 1.807) is 6.92 Å². The zero-order chi connectivity index (χ0) is 13.3. The zero-order valence-corrected chi connectivity index (χ0v) is 11.4. The number of sulfonamides is 1. The molecule has 18 heavy (non-hydrogen) atoms. The van der Waals surface area contributed by atoms with Crippen molar-refractivity contribution in [3.8, 4) is 0 Å². The van der Waals surface area contributed by atoms with Crippen LogP contribution in [0.25, 0.3) is 0 Å². The standard InChI is InChI=1S/C11H14ClFN2O2S/c1-8-7-14-5-6-15(8)18(16,17)10-4-2-3-9(12)11(10)13/h2-4,8,14H,5-7H2,1H3. The first-order valence-electron chi connectivity index (χ1n) is 5.61. The first kappa shape index (κ1) is 13.7. The van der Waals surface area contributed by atoms with Gasteiger partial charge in [0.05, 0.1) is 5.02 Å². The molecule has 1 aliphatic heterocycles. The molecule has 0 saturated carbocycles. The van der Waals surface area contributed by atoms with Crippen molar-refractivity contribution in [1.82, 2.24) is 9.62 Å². The number of hydrogen-bond donors (Lipinski definition) is 1. The summed E-state index contributed by atoms with van der Waals surface area (Å²) in [5, 5.41) is 2.91. The number of hydrogen-bond acceptors (Lipinski definition) is 3. The van der Waals surface area contributed by atoms with E-state index in [0.29, 0.717) is 19.6 Å². The molecule has 0 radical (unpaired) electrons. The highest BCUT2D eigenvalue weighted by molar-refractivity contribution is 7.89. The Morgan fingerprint density at radius 2 is 2.22 bits per heavy atom. The summed E-state index contributed by atoms with van der Waals surface area (Å²) in [5.74, 6) is -0.884. The fourth-order valence-corrected chi connectivity index (χ4v) is 3.94. The molecule has 1 heterocycles. The summed E-state index contributed by atoms with van der Waals surface area (Å²) in [6.45, 7) is 3.23. The molecule has 1 aromatic carbocycles. The quantitative estimate of drug-likeness (QED) is 0.898. The van der Waals surface area contributed by atoms with Gasteiger partial charge >= 0.3 is 0 Å². The molecule has 2 rings (SSSR count). The molecule has 0 amide bonds. The second-order valence-corrected chi connectivity index (χ2v) is 6.49. The van der Waals surface area contributed by atoms with Crippen LogP contribution in [0.15, 0.2) is 23.1 Å². The van der Waals surface area contributed by atoms with Gasteiger partial charge in [0.1, 0.15) is 4.90 Å². The molecule has 1 unspecified atom stereocenters. The average molecular weight is 293 g/mol. The van der Waals surface area contributed by atoms with Gasteiger partial charge in [-0.1, -0.05) is 17.7 Å². The fourth-order valence-electron chi connectivity index (χ4n) is 1.99. The molecule has 1 saturated heterocycles. The largest absolute Gasteiger partial charge is 0.314 e. The van der Waals surface area contributed by atoms with Crippen LogP contribution < -0.4 is 5.32 Å². The Hall–Kier alpha value is -0.690. The number of rotatable bonds is 2. The molecule has 0 aromatic heterocycles. The zero-order valence-electron chi connectivity index (χ0n) is 9.86. The Balaban J connectivity index is 2.44. The molecule has 1 aromatic rings. The highest BCUT2D eigenvalue weighted by Gasteiger charge is 2.33. The van der Waals surface area contributed by atoms with Gasteiger partial charge in [-0.15, -0.1) is 0 Å².